The zero-order chi connectivity index (χ0) is 12.0. The highest BCUT2D eigenvalue weighted by Gasteiger charge is 2.24. The maximum absolute atomic E-state index is 12.1. The molecule has 0 spiro atoms. The molecule has 2 amide bonds. The molecule has 1 saturated carbocycles. The van der Waals surface area contributed by atoms with Gasteiger partial charge in [-0.3, -0.25) is 9.89 Å². The Morgan fingerprint density at radius 1 is 1.38 bits per heavy atom. The third-order valence-corrected chi connectivity index (χ3v) is 3.27. The van der Waals surface area contributed by atoms with Crippen molar-refractivity contribution in [3.63, 3.8) is 0 Å². The van der Waals surface area contributed by atoms with Gasteiger partial charge in [-0.1, -0.05) is 19.3 Å². The number of nitrogens with zero attached hydrogens (tertiary/aromatic N) is 3. The van der Waals surface area contributed by atoms with E-state index in [2.05, 4.69) is 4.99 Å². The lowest BCUT2D eigenvalue weighted by atomic mass is 9.95. The van der Waals surface area contributed by atoms with Gasteiger partial charge < -0.3 is 4.90 Å². The Labute approximate surface area is 98.3 Å². The molecular weight excluding hydrogens is 202 g/mol. The Hall–Kier alpha value is -1.06. The molecule has 0 radical (unpaired) electrons. The molecule has 92 valence electrons. The molecule has 0 saturated heterocycles. The van der Waals surface area contributed by atoms with Gasteiger partial charge in [-0.2, -0.15) is 0 Å². The molecule has 0 aromatic carbocycles. The third kappa shape index (κ3) is 3.22. The van der Waals surface area contributed by atoms with Crippen LogP contribution in [0.15, 0.2) is 4.99 Å². The Balaban J connectivity index is 2.56. The summed E-state index contributed by atoms with van der Waals surface area (Å²) < 4.78 is 0. The van der Waals surface area contributed by atoms with E-state index in [1.54, 1.807) is 18.3 Å². The summed E-state index contributed by atoms with van der Waals surface area (Å²) in [4.78, 5) is 19.6. The van der Waals surface area contributed by atoms with Crippen LogP contribution in [0.4, 0.5) is 4.79 Å². The number of hydrogen-bond donors (Lipinski definition) is 0. The lowest BCUT2D eigenvalue weighted by molar-refractivity contribution is 0.155. The number of hydrogen-bond acceptors (Lipinski definition) is 2. The van der Waals surface area contributed by atoms with Gasteiger partial charge >= 0.3 is 6.03 Å². The molecule has 1 rings (SSSR count). The number of amides is 2. The molecule has 0 aromatic rings. The van der Waals surface area contributed by atoms with Crippen molar-refractivity contribution in [3.05, 3.63) is 0 Å². The third-order valence-electron chi connectivity index (χ3n) is 3.27. The molecule has 0 atom stereocenters. The molecule has 0 heterocycles. The summed E-state index contributed by atoms with van der Waals surface area (Å²) in [6.07, 6.45) is 7.70. The summed E-state index contributed by atoms with van der Waals surface area (Å²) in [5, 5.41) is 0. The first-order chi connectivity index (χ1) is 7.70. The van der Waals surface area contributed by atoms with Crippen molar-refractivity contribution in [2.45, 2.75) is 45.1 Å². The van der Waals surface area contributed by atoms with Crippen LogP contribution in [0.1, 0.15) is 39.0 Å². The minimum Gasteiger partial charge on any atom is -0.324 e. The van der Waals surface area contributed by atoms with Gasteiger partial charge in [0.2, 0.25) is 0 Å². The van der Waals surface area contributed by atoms with Gasteiger partial charge in [0.25, 0.3) is 0 Å². The monoisotopic (exact) mass is 225 g/mol. The van der Waals surface area contributed by atoms with E-state index in [0.717, 1.165) is 12.8 Å². The summed E-state index contributed by atoms with van der Waals surface area (Å²) in [7, 11) is 3.60. The fourth-order valence-corrected chi connectivity index (χ4v) is 2.23. The normalized spacial score (nSPS) is 17.7. The first-order valence-corrected chi connectivity index (χ1v) is 6.16. The average Bonchev–Trinajstić information content (AvgIpc) is 2.35. The lowest BCUT2D eigenvalue weighted by Crippen LogP contribution is -2.46. The largest absolute Gasteiger partial charge is 0.325 e. The highest BCUT2D eigenvalue weighted by molar-refractivity contribution is 5.86. The van der Waals surface area contributed by atoms with Crippen LogP contribution in [0.5, 0.6) is 0 Å². The highest BCUT2D eigenvalue weighted by Crippen LogP contribution is 2.22. The molecule has 0 unspecified atom stereocenters. The second-order valence-corrected chi connectivity index (χ2v) is 4.34. The van der Waals surface area contributed by atoms with Crippen LogP contribution in [-0.4, -0.2) is 48.9 Å². The van der Waals surface area contributed by atoms with Gasteiger partial charge in [-0.15, -0.1) is 0 Å². The Bertz CT molecular complexity index is 247. The van der Waals surface area contributed by atoms with E-state index in [4.69, 9.17) is 0 Å². The van der Waals surface area contributed by atoms with Crippen LogP contribution >= 0.6 is 0 Å². The quantitative estimate of drug-likeness (QED) is 0.536. The van der Waals surface area contributed by atoms with Crippen LogP contribution in [-0.2, 0) is 0 Å². The lowest BCUT2D eigenvalue weighted by Gasteiger charge is -2.33. The Kier molecular flexibility index (Phi) is 5.29. The molecule has 16 heavy (non-hydrogen) atoms. The van der Waals surface area contributed by atoms with Crippen LogP contribution in [0, 0.1) is 0 Å². The van der Waals surface area contributed by atoms with Crippen LogP contribution in [0.25, 0.3) is 0 Å². The highest BCUT2D eigenvalue weighted by atomic mass is 16.2. The predicted octanol–water partition coefficient (Wildman–Crippen LogP) is 2.35. The second-order valence-electron chi connectivity index (χ2n) is 4.34. The summed E-state index contributed by atoms with van der Waals surface area (Å²) >= 11 is 0. The number of carbonyl (C=O) groups is 1. The number of urea groups is 1. The van der Waals surface area contributed by atoms with E-state index in [-0.39, 0.29) is 6.03 Å². The summed E-state index contributed by atoms with van der Waals surface area (Å²) in [5.74, 6) is 0. The van der Waals surface area contributed by atoms with Crippen molar-refractivity contribution in [2.75, 3.05) is 20.6 Å². The van der Waals surface area contributed by atoms with Crippen molar-refractivity contribution in [3.8, 4) is 0 Å². The van der Waals surface area contributed by atoms with Gasteiger partial charge in [0.15, 0.2) is 0 Å². The van der Waals surface area contributed by atoms with Crippen LogP contribution in [0.3, 0.4) is 0 Å². The summed E-state index contributed by atoms with van der Waals surface area (Å²) in [6.45, 7) is 2.64. The van der Waals surface area contributed by atoms with E-state index in [0.29, 0.717) is 12.6 Å². The van der Waals surface area contributed by atoms with Gasteiger partial charge in [-0.25, -0.2) is 4.79 Å². The second kappa shape index (κ2) is 6.51. The fourth-order valence-electron chi connectivity index (χ4n) is 2.23. The van der Waals surface area contributed by atoms with Crippen molar-refractivity contribution >= 4 is 12.4 Å². The van der Waals surface area contributed by atoms with E-state index >= 15 is 0 Å². The van der Waals surface area contributed by atoms with Crippen molar-refractivity contribution in [2.24, 2.45) is 4.99 Å². The van der Waals surface area contributed by atoms with E-state index < -0.39 is 0 Å². The fraction of sp³-hybridized carbons (Fsp3) is 0.833. The molecule has 0 N–H and O–H groups in total. The maximum Gasteiger partial charge on any atom is 0.325 e. The number of aliphatic imine (C=N–C) groups is 1. The summed E-state index contributed by atoms with van der Waals surface area (Å²) in [5.41, 5.74) is 0. The Morgan fingerprint density at radius 2 is 2.00 bits per heavy atom. The minimum atomic E-state index is 0.0694. The smallest absolute Gasteiger partial charge is 0.324 e. The molecule has 4 nitrogen and oxygen atoms in total. The van der Waals surface area contributed by atoms with E-state index in [1.807, 2.05) is 18.9 Å². The zero-order valence-electron chi connectivity index (χ0n) is 10.6. The molecule has 0 aromatic heterocycles. The minimum absolute atomic E-state index is 0.0694. The number of rotatable bonds is 3. The first kappa shape index (κ1) is 13.0. The predicted molar refractivity (Wildman–Crippen MR) is 66.8 cm³/mol. The molecule has 0 bridgehead atoms. The van der Waals surface area contributed by atoms with Gasteiger partial charge in [0.05, 0.1) is 6.34 Å². The maximum atomic E-state index is 12.1. The molecule has 1 aliphatic rings. The number of carbonyl (C=O) groups excluding carboxylic acids is 1. The average molecular weight is 225 g/mol. The van der Waals surface area contributed by atoms with Gasteiger partial charge in [0.1, 0.15) is 0 Å². The van der Waals surface area contributed by atoms with Crippen molar-refractivity contribution < 1.29 is 4.79 Å². The van der Waals surface area contributed by atoms with Gasteiger partial charge in [-0.05, 0) is 19.8 Å². The van der Waals surface area contributed by atoms with Gasteiger partial charge in [0, 0.05) is 26.7 Å². The SMILES string of the molecule is CCN(C=NC)C(=O)N(C)C1CCCCC1. The zero-order valence-corrected chi connectivity index (χ0v) is 10.6. The van der Waals surface area contributed by atoms with Crippen molar-refractivity contribution in [1.82, 2.24) is 9.80 Å². The molecular formula is C12H23N3O. The topological polar surface area (TPSA) is 35.9 Å². The van der Waals surface area contributed by atoms with Crippen LogP contribution in [0.2, 0.25) is 0 Å². The molecule has 1 fully saturated rings. The Morgan fingerprint density at radius 3 is 2.50 bits per heavy atom. The standard InChI is InChI=1S/C12H23N3O/c1-4-15(10-13-2)12(16)14(3)11-8-6-5-7-9-11/h10-11H,4-9H2,1-3H3. The van der Waals surface area contributed by atoms with Crippen LogP contribution < -0.4 is 0 Å². The van der Waals surface area contributed by atoms with E-state index in [9.17, 15) is 4.79 Å². The van der Waals surface area contributed by atoms with E-state index in [1.165, 1.54) is 19.3 Å². The summed E-state index contributed by atoms with van der Waals surface area (Å²) in [6, 6.07) is 0.487. The molecule has 0 aliphatic heterocycles. The molecule has 4 heteroatoms. The molecule has 1 aliphatic carbocycles. The van der Waals surface area contributed by atoms with Crippen molar-refractivity contribution in [1.29, 1.82) is 0 Å². The first-order valence-electron chi connectivity index (χ1n) is 6.16.